The first-order chi connectivity index (χ1) is 11.1. The lowest BCUT2D eigenvalue weighted by molar-refractivity contribution is -0.384. The Kier molecular flexibility index (Phi) is 3.65. The maximum atomic E-state index is 10.8. The summed E-state index contributed by atoms with van der Waals surface area (Å²) in [6.45, 7) is 0. The predicted octanol–water partition coefficient (Wildman–Crippen LogP) is 3.97. The van der Waals surface area contributed by atoms with E-state index in [4.69, 9.17) is 0 Å². The fourth-order valence-corrected chi connectivity index (χ4v) is 2.56. The molecule has 1 aliphatic heterocycles. The molecule has 2 aromatic rings. The number of benzene rings is 2. The van der Waals surface area contributed by atoms with Crippen molar-refractivity contribution in [2.45, 2.75) is 0 Å². The van der Waals surface area contributed by atoms with Crippen LogP contribution in [0.15, 0.2) is 54.7 Å². The van der Waals surface area contributed by atoms with Gasteiger partial charge in [0.25, 0.3) is 5.69 Å². The van der Waals surface area contributed by atoms with Gasteiger partial charge in [-0.2, -0.15) is 5.26 Å². The molecular formula is C18H13N3O2. The molecule has 0 saturated heterocycles. The number of nitriles is 1. The maximum absolute atomic E-state index is 10.8. The molecule has 0 aromatic heterocycles. The molecule has 0 bridgehead atoms. The molecule has 23 heavy (non-hydrogen) atoms. The lowest BCUT2D eigenvalue weighted by Gasteiger charge is -2.23. The van der Waals surface area contributed by atoms with Gasteiger partial charge in [-0.3, -0.25) is 10.1 Å². The van der Waals surface area contributed by atoms with Crippen molar-refractivity contribution in [2.75, 3.05) is 11.9 Å². The summed E-state index contributed by atoms with van der Waals surface area (Å²) in [6, 6.07) is 14.3. The predicted molar refractivity (Wildman–Crippen MR) is 89.7 cm³/mol. The van der Waals surface area contributed by atoms with Gasteiger partial charge in [0.1, 0.15) is 6.07 Å². The summed E-state index contributed by atoms with van der Waals surface area (Å²) in [5, 5.41) is 20.1. The SMILES string of the molecule is CN1C=C/C(=C\c2ccc([N+](=O)[O-])cc2C#N)c2ccccc21. The quantitative estimate of drug-likeness (QED) is 0.621. The second-order valence-electron chi connectivity index (χ2n) is 5.18. The Balaban J connectivity index is 2.11. The van der Waals surface area contributed by atoms with Crippen molar-refractivity contribution in [1.82, 2.24) is 0 Å². The molecule has 112 valence electrons. The van der Waals surface area contributed by atoms with Crippen molar-refractivity contribution in [1.29, 1.82) is 5.26 Å². The van der Waals surface area contributed by atoms with Crippen molar-refractivity contribution in [3.63, 3.8) is 0 Å². The molecule has 0 saturated carbocycles. The van der Waals surface area contributed by atoms with Crippen LogP contribution in [-0.4, -0.2) is 12.0 Å². The van der Waals surface area contributed by atoms with Crippen molar-refractivity contribution >= 4 is 23.0 Å². The number of fused-ring (bicyclic) bond motifs is 1. The first kappa shape index (κ1) is 14.5. The fraction of sp³-hybridized carbons (Fsp3) is 0.0556. The second kappa shape index (κ2) is 5.78. The highest BCUT2D eigenvalue weighted by molar-refractivity contribution is 5.95. The van der Waals surface area contributed by atoms with Crippen molar-refractivity contribution < 1.29 is 4.92 Å². The number of hydrogen-bond acceptors (Lipinski definition) is 4. The molecule has 1 heterocycles. The Labute approximate surface area is 133 Å². The van der Waals surface area contributed by atoms with Gasteiger partial charge < -0.3 is 4.90 Å². The molecule has 2 aromatic carbocycles. The van der Waals surface area contributed by atoms with E-state index in [1.54, 1.807) is 6.07 Å². The Morgan fingerprint density at radius 2 is 2.04 bits per heavy atom. The number of nitro benzene ring substituents is 1. The zero-order valence-corrected chi connectivity index (χ0v) is 12.4. The standard InChI is InChI=1S/C18H13N3O2/c1-20-9-8-14(17-4-2-3-5-18(17)20)10-13-6-7-16(21(22)23)11-15(13)12-19/h2-11H,1H3/b14-10+. The van der Waals surface area contributed by atoms with Crippen LogP contribution in [-0.2, 0) is 0 Å². The molecule has 0 fully saturated rings. The molecule has 1 aliphatic rings. The Hall–Kier alpha value is -3.39. The molecule has 0 N–H and O–H groups in total. The van der Waals surface area contributed by atoms with Crippen molar-refractivity contribution in [3.05, 3.63) is 81.5 Å². The molecule has 5 heteroatoms. The van der Waals surface area contributed by atoms with Gasteiger partial charge in [0.05, 0.1) is 10.5 Å². The number of nitro groups is 1. The summed E-state index contributed by atoms with van der Waals surface area (Å²) in [6.07, 6.45) is 5.79. The molecule has 0 amide bonds. The summed E-state index contributed by atoms with van der Waals surface area (Å²) in [5.41, 5.74) is 3.96. The third-order valence-electron chi connectivity index (χ3n) is 3.75. The summed E-state index contributed by atoms with van der Waals surface area (Å²) >= 11 is 0. The van der Waals surface area contributed by atoms with Gasteiger partial charge in [-0.15, -0.1) is 0 Å². The zero-order chi connectivity index (χ0) is 16.4. The average Bonchev–Trinajstić information content (AvgIpc) is 2.57. The molecule has 0 unspecified atom stereocenters. The van der Waals surface area contributed by atoms with Gasteiger partial charge in [0.15, 0.2) is 0 Å². The number of anilines is 1. The lowest BCUT2D eigenvalue weighted by atomic mass is 9.96. The molecule has 0 radical (unpaired) electrons. The maximum Gasteiger partial charge on any atom is 0.270 e. The first-order valence-corrected chi connectivity index (χ1v) is 7.01. The first-order valence-electron chi connectivity index (χ1n) is 7.01. The minimum atomic E-state index is -0.497. The van der Waals surface area contributed by atoms with E-state index >= 15 is 0 Å². The number of non-ortho nitro benzene ring substituents is 1. The van der Waals surface area contributed by atoms with Crippen LogP contribution >= 0.6 is 0 Å². The van der Waals surface area contributed by atoms with Gasteiger partial charge in [-0.25, -0.2) is 0 Å². The minimum Gasteiger partial charge on any atom is -0.351 e. The van der Waals surface area contributed by atoms with Gasteiger partial charge in [0.2, 0.25) is 0 Å². The van der Waals surface area contributed by atoms with Crippen LogP contribution in [0.5, 0.6) is 0 Å². The van der Waals surface area contributed by atoms with Crippen molar-refractivity contribution in [3.8, 4) is 6.07 Å². The van der Waals surface area contributed by atoms with Crippen LogP contribution in [0.25, 0.3) is 11.6 Å². The molecule has 0 atom stereocenters. The highest BCUT2D eigenvalue weighted by Gasteiger charge is 2.14. The fourth-order valence-electron chi connectivity index (χ4n) is 2.56. The van der Waals surface area contributed by atoms with E-state index in [1.807, 2.05) is 60.6 Å². The lowest BCUT2D eigenvalue weighted by Crippen LogP contribution is -2.13. The highest BCUT2D eigenvalue weighted by Crippen LogP contribution is 2.33. The Morgan fingerprint density at radius 1 is 1.26 bits per heavy atom. The summed E-state index contributed by atoms with van der Waals surface area (Å²) in [4.78, 5) is 12.4. The van der Waals surface area contributed by atoms with Gasteiger partial charge in [-0.05, 0) is 35.4 Å². The van der Waals surface area contributed by atoms with Gasteiger partial charge in [0, 0.05) is 36.6 Å². The normalized spacial score (nSPS) is 14.4. The molecule has 5 nitrogen and oxygen atoms in total. The van der Waals surface area contributed by atoms with E-state index < -0.39 is 4.92 Å². The molecule has 0 spiro atoms. The van der Waals surface area contributed by atoms with E-state index in [9.17, 15) is 15.4 Å². The second-order valence-corrected chi connectivity index (χ2v) is 5.18. The van der Waals surface area contributed by atoms with E-state index in [-0.39, 0.29) is 11.3 Å². The number of rotatable bonds is 2. The largest absolute Gasteiger partial charge is 0.351 e. The number of nitrogens with zero attached hydrogens (tertiary/aromatic N) is 3. The van der Waals surface area contributed by atoms with Crippen LogP contribution < -0.4 is 4.90 Å². The van der Waals surface area contributed by atoms with E-state index in [2.05, 4.69) is 0 Å². The zero-order valence-electron chi connectivity index (χ0n) is 12.4. The van der Waals surface area contributed by atoms with Gasteiger partial charge >= 0.3 is 0 Å². The number of allylic oxidation sites excluding steroid dienone is 2. The molecule has 0 aliphatic carbocycles. The molecular weight excluding hydrogens is 290 g/mol. The number of para-hydroxylation sites is 1. The van der Waals surface area contributed by atoms with Crippen LogP contribution in [0.3, 0.4) is 0 Å². The van der Waals surface area contributed by atoms with Crippen molar-refractivity contribution in [2.24, 2.45) is 0 Å². The Morgan fingerprint density at radius 3 is 2.78 bits per heavy atom. The Bertz CT molecular complexity index is 891. The third-order valence-corrected chi connectivity index (χ3v) is 3.75. The smallest absolute Gasteiger partial charge is 0.270 e. The van der Waals surface area contributed by atoms with E-state index in [0.717, 1.165) is 16.8 Å². The van der Waals surface area contributed by atoms with Crippen LogP contribution in [0.1, 0.15) is 16.7 Å². The van der Waals surface area contributed by atoms with E-state index in [1.165, 1.54) is 12.1 Å². The topological polar surface area (TPSA) is 70.2 Å². The molecule has 3 rings (SSSR count). The van der Waals surface area contributed by atoms with E-state index in [0.29, 0.717) is 5.56 Å². The van der Waals surface area contributed by atoms with Crippen LogP contribution in [0.4, 0.5) is 11.4 Å². The van der Waals surface area contributed by atoms with Gasteiger partial charge in [-0.1, -0.05) is 18.2 Å². The average molecular weight is 303 g/mol. The monoisotopic (exact) mass is 303 g/mol. The highest BCUT2D eigenvalue weighted by atomic mass is 16.6. The third kappa shape index (κ3) is 2.70. The van der Waals surface area contributed by atoms with Crippen LogP contribution in [0, 0.1) is 21.4 Å². The minimum absolute atomic E-state index is 0.0805. The summed E-state index contributed by atoms with van der Waals surface area (Å²) in [5.74, 6) is 0. The van der Waals surface area contributed by atoms with Crippen LogP contribution in [0.2, 0.25) is 0 Å². The summed E-state index contributed by atoms with van der Waals surface area (Å²) in [7, 11) is 1.97. The summed E-state index contributed by atoms with van der Waals surface area (Å²) < 4.78 is 0. The number of hydrogen-bond donors (Lipinski definition) is 0.